The van der Waals surface area contributed by atoms with Gasteiger partial charge in [0.2, 0.25) is 0 Å². The number of rotatable bonds is 1. The number of phenols is 1. The Morgan fingerprint density at radius 3 is 3.05 bits per heavy atom. The van der Waals surface area contributed by atoms with E-state index in [9.17, 15) is 9.90 Å². The van der Waals surface area contributed by atoms with Crippen LogP contribution in [-0.2, 0) is 0 Å². The number of fused-ring (bicyclic) bond motifs is 1. The average molecular weight is 270 g/mol. The van der Waals surface area contributed by atoms with E-state index in [1.54, 1.807) is 12.3 Å². The van der Waals surface area contributed by atoms with Gasteiger partial charge in [-0.25, -0.2) is 0 Å². The van der Waals surface area contributed by atoms with Crippen LogP contribution in [0.1, 0.15) is 30.1 Å². The molecule has 4 heteroatoms. The van der Waals surface area contributed by atoms with E-state index in [1.165, 1.54) is 0 Å². The normalized spacial score (nSPS) is 19.2. The summed E-state index contributed by atoms with van der Waals surface area (Å²) in [7, 11) is 0. The molecule has 1 amide bonds. The molecule has 2 heterocycles. The Bertz CT molecular complexity index is 654. The number of hydrogen-bond acceptors (Lipinski definition) is 3. The van der Waals surface area contributed by atoms with Gasteiger partial charge in [0.1, 0.15) is 5.52 Å². The van der Waals surface area contributed by atoms with Crippen LogP contribution in [0.25, 0.3) is 10.9 Å². The second-order valence-electron chi connectivity index (χ2n) is 5.54. The van der Waals surface area contributed by atoms with Crippen LogP contribution in [0.4, 0.5) is 0 Å². The summed E-state index contributed by atoms with van der Waals surface area (Å²) < 4.78 is 0. The van der Waals surface area contributed by atoms with Crippen molar-refractivity contribution in [2.24, 2.45) is 5.92 Å². The third-order valence-corrected chi connectivity index (χ3v) is 3.92. The lowest BCUT2D eigenvalue weighted by molar-refractivity contribution is 0.0680. The Kier molecular flexibility index (Phi) is 3.30. The number of likely N-dealkylation sites (tertiary alicyclic amines) is 1. The summed E-state index contributed by atoms with van der Waals surface area (Å²) in [4.78, 5) is 18.5. The van der Waals surface area contributed by atoms with Gasteiger partial charge in [0.25, 0.3) is 5.91 Å². The van der Waals surface area contributed by atoms with Gasteiger partial charge in [-0.05, 0) is 30.9 Å². The number of nitrogens with zero attached hydrogens (tertiary/aromatic N) is 2. The van der Waals surface area contributed by atoms with Gasteiger partial charge < -0.3 is 10.0 Å². The Balaban J connectivity index is 1.97. The number of phenolic OH excluding ortho intramolecular Hbond substituents is 1. The molecule has 0 spiro atoms. The molecule has 3 rings (SSSR count). The van der Waals surface area contributed by atoms with Crippen LogP contribution in [0.3, 0.4) is 0 Å². The van der Waals surface area contributed by atoms with Crippen LogP contribution in [0.15, 0.2) is 30.5 Å². The minimum absolute atomic E-state index is 0.00803. The van der Waals surface area contributed by atoms with Crippen LogP contribution in [0, 0.1) is 5.92 Å². The van der Waals surface area contributed by atoms with E-state index in [0.29, 0.717) is 17.0 Å². The van der Waals surface area contributed by atoms with E-state index in [4.69, 9.17) is 0 Å². The molecule has 1 N–H and O–H groups in total. The zero-order chi connectivity index (χ0) is 14.1. The lowest BCUT2D eigenvalue weighted by Crippen LogP contribution is -2.39. The molecule has 1 atom stereocenters. The molecule has 104 valence electrons. The van der Waals surface area contributed by atoms with Gasteiger partial charge in [-0.1, -0.05) is 19.1 Å². The van der Waals surface area contributed by atoms with Crippen molar-refractivity contribution in [3.05, 3.63) is 36.0 Å². The summed E-state index contributed by atoms with van der Waals surface area (Å²) in [5.41, 5.74) is 0.841. The molecule has 0 radical (unpaired) electrons. The molecule has 1 aromatic heterocycles. The summed E-state index contributed by atoms with van der Waals surface area (Å²) in [5, 5.41) is 11.1. The highest BCUT2D eigenvalue weighted by atomic mass is 16.3. The van der Waals surface area contributed by atoms with Gasteiger partial charge in [0.15, 0.2) is 5.75 Å². The molecule has 1 aliphatic heterocycles. The fourth-order valence-electron chi connectivity index (χ4n) is 2.85. The predicted octanol–water partition coefficient (Wildman–Crippen LogP) is 2.81. The molecule has 1 aliphatic rings. The van der Waals surface area contributed by atoms with E-state index >= 15 is 0 Å². The van der Waals surface area contributed by atoms with Crippen LogP contribution in [0.2, 0.25) is 0 Å². The number of aromatic hydroxyl groups is 1. The lowest BCUT2D eigenvalue weighted by Gasteiger charge is -2.31. The quantitative estimate of drug-likeness (QED) is 0.867. The summed E-state index contributed by atoms with van der Waals surface area (Å²) in [6.45, 7) is 3.68. The molecular formula is C16H18N2O2. The summed E-state index contributed by atoms with van der Waals surface area (Å²) in [5.74, 6) is 0.418. The van der Waals surface area contributed by atoms with E-state index in [-0.39, 0.29) is 11.7 Å². The van der Waals surface area contributed by atoms with Crippen molar-refractivity contribution in [2.45, 2.75) is 19.8 Å². The summed E-state index contributed by atoms with van der Waals surface area (Å²) in [6, 6.07) is 7.22. The first kappa shape index (κ1) is 12.9. The third kappa shape index (κ3) is 2.22. The van der Waals surface area contributed by atoms with Crippen molar-refractivity contribution in [1.29, 1.82) is 0 Å². The fourth-order valence-corrected chi connectivity index (χ4v) is 2.85. The highest BCUT2D eigenvalue weighted by molar-refractivity contribution is 6.02. The molecule has 0 aliphatic carbocycles. The maximum absolute atomic E-state index is 12.5. The van der Waals surface area contributed by atoms with Gasteiger partial charge in [0, 0.05) is 24.7 Å². The number of aromatic nitrogens is 1. The van der Waals surface area contributed by atoms with E-state index in [0.717, 1.165) is 31.3 Å². The molecule has 1 fully saturated rings. The molecule has 2 aromatic rings. The van der Waals surface area contributed by atoms with Crippen LogP contribution in [-0.4, -0.2) is 34.0 Å². The number of carbonyl (C=O) groups excluding carboxylic acids is 1. The van der Waals surface area contributed by atoms with Gasteiger partial charge in [0.05, 0.1) is 5.56 Å². The Hall–Kier alpha value is -2.10. The predicted molar refractivity (Wildman–Crippen MR) is 77.7 cm³/mol. The highest BCUT2D eigenvalue weighted by Gasteiger charge is 2.24. The van der Waals surface area contributed by atoms with E-state index < -0.39 is 0 Å². The maximum Gasteiger partial charge on any atom is 0.257 e. The smallest absolute Gasteiger partial charge is 0.257 e. The number of benzene rings is 1. The topological polar surface area (TPSA) is 53.4 Å². The van der Waals surface area contributed by atoms with E-state index in [2.05, 4.69) is 11.9 Å². The first-order valence-electron chi connectivity index (χ1n) is 7.03. The first-order valence-corrected chi connectivity index (χ1v) is 7.03. The van der Waals surface area contributed by atoms with Crippen molar-refractivity contribution in [3.8, 4) is 5.75 Å². The highest BCUT2D eigenvalue weighted by Crippen LogP contribution is 2.29. The van der Waals surface area contributed by atoms with Crippen LogP contribution < -0.4 is 0 Å². The zero-order valence-electron chi connectivity index (χ0n) is 11.5. The van der Waals surface area contributed by atoms with Crippen molar-refractivity contribution in [3.63, 3.8) is 0 Å². The lowest BCUT2D eigenvalue weighted by atomic mass is 9.99. The number of piperidine rings is 1. The zero-order valence-corrected chi connectivity index (χ0v) is 11.5. The van der Waals surface area contributed by atoms with Crippen molar-refractivity contribution < 1.29 is 9.90 Å². The SMILES string of the molecule is CC1CCCN(C(=O)c2ccc3cccnc3c2O)C1. The van der Waals surface area contributed by atoms with Crippen molar-refractivity contribution in [1.82, 2.24) is 9.88 Å². The fraction of sp³-hybridized carbons (Fsp3) is 0.375. The molecule has 1 aromatic carbocycles. The number of amides is 1. The Morgan fingerprint density at radius 2 is 2.25 bits per heavy atom. The van der Waals surface area contributed by atoms with Crippen LogP contribution in [0.5, 0.6) is 5.75 Å². The monoisotopic (exact) mass is 270 g/mol. The number of carbonyl (C=O) groups is 1. The largest absolute Gasteiger partial charge is 0.505 e. The second kappa shape index (κ2) is 5.12. The Labute approximate surface area is 118 Å². The van der Waals surface area contributed by atoms with Crippen molar-refractivity contribution >= 4 is 16.8 Å². The third-order valence-electron chi connectivity index (χ3n) is 3.92. The maximum atomic E-state index is 12.5. The van der Waals surface area contributed by atoms with Gasteiger partial charge in [-0.2, -0.15) is 0 Å². The summed E-state index contributed by atoms with van der Waals surface area (Å²) in [6.07, 6.45) is 3.81. The number of pyridine rings is 1. The van der Waals surface area contributed by atoms with E-state index in [1.807, 2.05) is 23.1 Å². The summed E-state index contributed by atoms with van der Waals surface area (Å²) >= 11 is 0. The molecular weight excluding hydrogens is 252 g/mol. The Morgan fingerprint density at radius 1 is 1.40 bits per heavy atom. The molecule has 4 nitrogen and oxygen atoms in total. The van der Waals surface area contributed by atoms with Crippen LogP contribution >= 0.6 is 0 Å². The second-order valence-corrected chi connectivity index (χ2v) is 5.54. The van der Waals surface area contributed by atoms with Gasteiger partial charge in [-0.3, -0.25) is 9.78 Å². The van der Waals surface area contributed by atoms with Crippen molar-refractivity contribution in [2.75, 3.05) is 13.1 Å². The molecule has 1 unspecified atom stereocenters. The average Bonchev–Trinajstić information content (AvgIpc) is 2.47. The molecule has 20 heavy (non-hydrogen) atoms. The van der Waals surface area contributed by atoms with Gasteiger partial charge in [-0.15, -0.1) is 0 Å². The number of hydrogen-bond donors (Lipinski definition) is 1. The standard InChI is InChI=1S/C16H18N2O2/c1-11-4-3-9-18(10-11)16(20)13-7-6-12-5-2-8-17-14(12)15(13)19/h2,5-8,11,19H,3-4,9-10H2,1H3. The molecule has 0 saturated carbocycles. The minimum Gasteiger partial charge on any atom is -0.505 e. The molecule has 0 bridgehead atoms. The molecule has 1 saturated heterocycles. The minimum atomic E-state index is -0.0957. The first-order chi connectivity index (χ1) is 9.66. The van der Waals surface area contributed by atoms with Gasteiger partial charge >= 0.3 is 0 Å².